The van der Waals surface area contributed by atoms with Crippen molar-refractivity contribution >= 4 is 12.0 Å². The zero-order valence-electron chi connectivity index (χ0n) is 17.7. The third-order valence-corrected chi connectivity index (χ3v) is 4.89. The van der Waals surface area contributed by atoms with E-state index in [0.717, 1.165) is 16.7 Å². The number of methoxy groups -OCH3 is 1. The first-order valence-corrected chi connectivity index (χ1v) is 9.89. The molecule has 0 heterocycles. The minimum absolute atomic E-state index is 0.0577. The van der Waals surface area contributed by atoms with E-state index in [-0.39, 0.29) is 5.91 Å². The summed E-state index contributed by atoms with van der Waals surface area (Å²) >= 11 is 0. The Kier molecular flexibility index (Phi) is 7.28. The second-order valence-corrected chi connectivity index (χ2v) is 7.14. The molecule has 30 heavy (non-hydrogen) atoms. The molecule has 0 atom stereocenters. The number of amides is 1. The lowest BCUT2D eigenvalue weighted by Crippen LogP contribution is -2.24. The lowest BCUT2D eigenvalue weighted by molar-refractivity contribution is -0.125. The molecule has 3 rings (SSSR count). The van der Waals surface area contributed by atoms with E-state index in [2.05, 4.69) is 19.1 Å². The summed E-state index contributed by atoms with van der Waals surface area (Å²) in [5.74, 6) is 1.25. The number of hydrogen-bond donors (Lipinski definition) is 0. The molecule has 154 valence electrons. The highest BCUT2D eigenvalue weighted by Gasteiger charge is 2.08. The topological polar surface area (TPSA) is 38.8 Å². The fourth-order valence-electron chi connectivity index (χ4n) is 3.06. The van der Waals surface area contributed by atoms with Gasteiger partial charge < -0.3 is 14.4 Å². The van der Waals surface area contributed by atoms with Gasteiger partial charge in [0.15, 0.2) is 11.5 Å². The summed E-state index contributed by atoms with van der Waals surface area (Å²) in [6.45, 7) is 3.11. The van der Waals surface area contributed by atoms with Crippen molar-refractivity contribution in [1.29, 1.82) is 0 Å². The zero-order chi connectivity index (χ0) is 21.3. The molecule has 0 bridgehead atoms. The van der Waals surface area contributed by atoms with Gasteiger partial charge >= 0.3 is 0 Å². The number of likely N-dealkylation sites (N-methyl/N-ethyl adjacent to an activating group) is 1. The third kappa shape index (κ3) is 5.74. The maximum atomic E-state index is 12.4. The molecule has 0 aliphatic rings. The van der Waals surface area contributed by atoms with Crippen LogP contribution in [-0.4, -0.2) is 25.0 Å². The van der Waals surface area contributed by atoms with Gasteiger partial charge in [-0.05, 0) is 47.4 Å². The minimum Gasteiger partial charge on any atom is -0.493 e. The van der Waals surface area contributed by atoms with Crippen LogP contribution in [-0.2, 0) is 17.9 Å². The van der Waals surface area contributed by atoms with E-state index in [4.69, 9.17) is 9.47 Å². The Morgan fingerprint density at radius 3 is 2.43 bits per heavy atom. The Morgan fingerprint density at radius 1 is 0.967 bits per heavy atom. The summed E-state index contributed by atoms with van der Waals surface area (Å²) in [6.07, 6.45) is 3.36. The maximum absolute atomic E-state index is 12.4. The van der Waals surface area contributed by atoms with Crippen LogP contribution in [0.25, 0.3) is 6.08 Å². The van der Waals surface area contributed by atoms with Crippen molar-refractivity contribution in [3.8, 4) is 11.5 Å². The molecular weight excluding hydrogens is 374 g/mol. The van der Waals surface area contributed by atoms with Gasteiger partial charge in [0.2, 0.25) is 5.91 Å². The van der Waals surface area contributed by atoms with Gasteiger partial charge in [-0.15, -0.1) is 0 Å². The molecule has 1 amide bonds. The summed E-state index contributed by atoms with van der Waals surface area (Å²) < 4.78 is 11.4. The average molecular weight is 402 g/mol. The normalized spacial score (nSPS) is 10.8. The molecule has 0 saturated heterocycles. The number of aryl methyl sites for hydroxylation is 1. The molecule has 3 aromatic rings. The van der Waals surface area contributed by atoms with Gasteiger partial charge in [0.1, 0.15) is 6.61 Å². The second-order valence-electron chi connectivity index (χ2n) is 7.14. The van der Waals surface area contributed by atoms with Gasteiger partial charge in [-0.2, -0.15) is 0 Å². The number of benzene rings is 3. The highest BCUT2D eigenvalue weighted by molar-refractivity contribution is 5.91. The van der Waals surface area contributed by atoms with Gasteiger partial charge in [0, 0.05) is 19.7 Å². The monoisotopic (exact) mass is 401 g/mol. The fourth-order valence-corrected chi connectivity index (χ4v) is 3.06. The molecule has 4 heteroatoms. The van der Waals surface area contributed by atoms with Gasteiger partial charge in [-0.25, -0.2) is 0 Å². The van der Waals surface area contributed by atoms with Gasteiger partial charge in [-0.3, -0.25) is 4.79 Å². The van der Waals surface area contributed by atoms with Crippen molar-refractivity contribution in [2.24, 2.45) is 0 Å². The molecule has 0 spiro atoms. The predicted molar refractivity (Wildman–Crippen MR) is 120 cm³/mol. The van der Waals surface area contributed by atoms with Crippen LogP contribution < -0.4 is 9.47 Å². The molecule has 0 N–H and O–H groups in total. The summed E-state index contributed by atoms with van der Waals surface area (Å²) in [6, 6.07) is 23.7. The van der Waals surface area contributed by atoms with Crippen LogP contribution >= 0.6 is 0 Å². The van der Waals surface area contributed by atoms with Crippen molar-refractivity contribution in [2.75, 3.05) is 14.2 Å². The molecule has 0 unspecified atom stereocenters. The van der Waals surface area contributed by atoms with Gasteiger partial charge in [0.05, 0.1) is 7.11 Å². The van der Waals surface area contributed by atoms with Crippen molar-refractivity contribution in [1.82, 2.24) is 4.90 Å². The maximum Gasteiger partial charge on any atom is 0.246 e. The number of rotatable bonds is 8. The van der Waals surface area contributed by atoms with Crippen LogP contribution in [0.15, 0.2) is 78.9 Å². The van der Waals surface area contributed by atoms with Crippen LogP contribution in [0.2, 0.25) is 0 Å². The molecule has 0 saturated carbocycles. The second kappa shape index (κ2) is 10.3. The van der Waals surface area contributed by atoms with Crippen molar-refractivity contribution in [3.63, 3.8) is 0 Å². The summed E-state index contributed by atoms with van der Waals surface area (Å²) in [5.41, 5.74) is 4.29. The Bertz CT molecular complexity index is 1010. The zero-order valence-corrected chi connectivity index (χ0v) is 17.7. The number of nitrogens with zero attached hydrogens (tertiary/aromatic N) is 1. The van der Waals surface area contributed by atoms with E-state index in [1.54, 1.807) is 31.2 Å². The van der Waals surface area contributed by atoms with E-state index >= 15 is 0 Å². The van der Waals surface area contributed by atoms with E-state index < -0.39 is 0 Å². The third-order valence-electron chi connectivity index (χ3n) is 4.89. The van der Waals surface area contributed by atoms with Crippen LogP contribution in [0.3, 0.4) is 0 Å². The van der Waals surface area contributed by atoms with E-state index in [1.807, 2.05) is 60.7 Å². The SMILES string of the molecule is COc1cc(/C=C/C(=O)N(C)Cc2ccccc2)ccc1OCc1ccccc1C. The molecule has 0 aliphatic carbocycles. The average Bonchev–Trinajstić information content (AvgIpc) is 2.77. The number of hydrogen-bond acceptors (Lipinski definition) is 3. The Labute approximate surface area is 178 Å². The van der Waals surface area contributed by atoms with Gasteiger partial charge in [-0.1, -0.05) is 60.7 Å². The number of carbonyl (C=O) groups is 1. The van der Waals surface area contributed by atoms with Crippen LogP contribution in [0.4, 0.5) is 0 Å². The van der Waals surface area contributed by atoms with Gasteiger partial charge in [0.25, 0.3) is 0 Å². The summed E-state index contributed by atoms with van der Waals surface area (Å²) in [7, 11) is 3.41. The fraction of sp³-hybridized carbons (Fsp3) is 0.192. The van der Waals surface area contributed by atoms with Crippen molar-refractivity contribution in [3.05, 3.63) is 101 Å². The first-order valence-electron chi connectivity index (χ1n) is 9.89. The largest absolute Gasteiger partial charge is 0.493 e. The Morgan fingerprint density at radius 2 is 1.70 bits per heavy atom. The number of ether oxygens (including phenoxy) is 2. The van der Waals surface area contributed by atoms with Crippen molar-refractivity contribution < 1.29 is 14.3 Å². The molecule has 0 aromatic heterocycles. The quantitative estimate of drug-likeness (QED) is 0.484. The number of carbonyl (C=O) groups excluding carboxylic acids is 1. The van der Waals surface area contributed by atoms with Crippen LogP contribution in [0.1, 0.15) is 22.3 Å². The molecule has 0 fully saturated rings. The molecule has 0 aliphatic heterocycles. The van der Waals surface area contributed by atoms with Crippen molar-refractivity contribution in [2.45, 2.75) is 20.1 Å². The molecular formula is C26H27NO3. The lowest BCUT2D eigenvalue weighted by Gasteiger charge is -2.15. The first kappa shape index (κ1) is 21.2. The summed E-state index contributed by atoms with van der Waals surface area (Å²) in [5, 5.41) is 0. The standard InChI is InChI=1S/C26H27NO3/c1-20-9-7-8-12-23(20)19-30-24-15-13-21(17-25(24)29-3)14-16-26(28)27(2)18-22-10-5-4-6-11-22/h4-17H,18-19H2,1-3H3/b16-14+. The molecule has 0 radical (unpaired) electrons. The van der Waals surface area contributed by atoms with E-state index in [9.17, 15) is 4.79 Å². The van der Waals surface area contributed by atoms with E-state index in [1.165, 1.54) is 5.56 Å². The van der Waals surface area contributed by atoms with Crippen LogP contribution in [0.5, 0.6) is 11.5 Å². The van der Waals surface area contributed by atoms with E-state index in [0.29, 0.717) is 24.7 Å². The smallest absolute Gasteiger partial charge is 0.246 e. The Balaban J connectivity index is 1.63. The Hall–Kier alpha value is -3.53. The van der Waals surface area contributed by atoms with Crippen LogP contribution in [0, 0.1) is 6.92 Å². The molecule has 4 nitrogen and oxygen atoms in total. The molecule has 3 aromatic carbocycles. The predicted octanol–water partition coefficient (Wildman–Crippen LogP) is 5.25. The minimum atomic E-state index is -0.0577. The summed E-state index contributed by atoms with van der Waals surface area (Å²) in [4.78, 5) is 14.1. The highest BCUT2D eigenvalue weighted by Crippen LogP contribution is 2.29. The lowest BCUT2D eigenvalue weighted by atomic mass is 10.1. The highest BCUT2D eigenvalue weighted by atomic mass is 16.5. The first-order chi connectivity index (χ1) is 14.6.